The highest BCUT2D eigenvalue weighted by Gasteiger charge is 2.45. The number of hydrogen-bond donors (Lipinski definition) is 2. The van der Waals surface area contributed by atoms with Crippen molar-refractivity contribution >= 4 is 5.96 Å². The van der Waals surface area contributed by atoms with Gasteiger partial charge in [-0.3, -0.25) is 9.89 Å². The summed E-state index contributed by atoms with van der Waals surface area (Å²) in [5.41, 5.74) is 0.676. The number of furan rings is 1. The molecular formula is C20H27FN4O. The first-order valence-corrected chi connectivity index (χ1v) is 8.95. The van der Waals surface area contributed by atoms with E-state index in [1.165, 1.54) is 6.07 Å². The second kappa shape index (κ2) is 7.91. The Morgan fingerprint density at radius 2 is 2.00 bits per heavy atom. The van der Waals surface area contributed by atoms with Crippen LogP contribution in [-0.4, -0.2) is 45.1 Å². The van der Waals surface area contributed by atoms with E-state index in [4.69, 9.17) is 4.42 Å². The molecule has 0 amide bonds. The van der Waals surface area contributed by atoms with E-state index >= 15 is 0 Å². The van der Waals surface area contributed by atoms with E-state index in [0.717, 1.165) is 24.2 Å². The smallest absolute Gasteiger partial charge is 0.191 e. The van der Waals surface area contributed by atoms with Crippen molar-refractivity contribution in [3.8, 4) is 0 Å². The van der Waals surface area contributed by atoms with Gasteiger partial charge in [0.1, 0.15) is 11.6 Å². The minimum Gasteiger partial charge on any atom is -0.468 e. The molecule has 1 saturated carbocycles. The molecule has 5 nitrogen and oxygen atoms in total. The molecule has 6 heteroatoms. The lowest BCUT2D eigenvalue weighted by Gasteiger charge is -2.24. The Morgan fingerprint density at radius 3 is 2.58 bits per heavy atom. The maximum atomic E-state index is 14.1. The van der Waals surface area contributed by atoms with Crippen molar-refractivity contribution in [3.63, 3.8) is 0 Å². The number of hydrogen-bond acceptors (Lipinski definition) is 3. The van der Waals surface area contributed by atoms with Crippen LogP contribution in [0, 0.1) is 5.82 Å². The number of benzene rings is 1. The fraction of sp³-hybridized carbons (Fsp3) is 0.450. The predicted octanol–water partition coefficient (Wildman–Crippen LogP) is 2.92. The van der Waals surface area contributed by atoms with E-state index in [2.05, 4.69) is 20.5 Å². The zero-order chi connectivity index (χ0) is 18.6. The lowest BCUT2D eigenvalue weighted by atomic mass is 9.95. The average Bonchev–Trinajstić information content (AvgIpc) is 3.22. The molecule has 0 bridgehead atoms. The number of aliphatic imine (C=N–C) groups is 1. The summed E-state index contributed by atoms with van der Waals surface area (Å²) in [4.78, 5) is 6.40. The van der Waals surface area contributed by atoms with Gasteiger partial charge in [0.15, 0.2) is 5.96 Å². The van der Waals surface area contributed by atoms with Crippen LogP contribution in [0.1, 0.15) is 30.2 Å². The van der Waals surface area contributed by atoms with Crippen molar-refractivity contribution in [2.45, 2.75) is 24.3 Å². The second-order valence-corrected chi connectivity index (χ2v) is 7.06. The molecule has 2 aromatic rings. The Balaban J connectivity index is 1.58. The molecule has 0 aliphatic heterocycles. The summed E-state index contributed by atoms with van der Waals surface area (Å²) >= 11 is 0. The molecule has 1 atom stereocenters. The summed E-state index contributed by atoms with van der Waals surface area (Å²) < 4.78 is 19.7. The first-order valence-electron chi connectivity index (χ1n) is 8.95. The Labute approximate surface area is 154 Å². The highest BCUT2D eigenvalue weighted by molar-refractivity contribution is 5.79. The third-order valence-corrected chi connectivity index (χ3v) is 5.07. The Morgan fingerprint density at radius 1 is 1.23 bits per heavy atom. The maximum Gasteiger partial charge on any atom is 0.191 e. The van der Waals surface area contributed by atoms with E-state index in [0.29, 0.717) is 19.0 Å². The molecule has 3 rings (SSSR count). The van der Waals surface area contributed by atoms with Crippen LogP contribution in [0.3, 0.4) is 0 Å². The van der Waals surface area contributed by atoms with Gasteiger partial charge in [-0.25, -0.2) is 4.39 Å². The van der Waals surface area contributed by atoms with Gasteiger partial charge in [-0.1, -0.05) is 18.2 Å². The summed E-state index contributed by atoms with van der Waals surface area (Å²) in [6.45, 7) is 1.33. The highest BCUT2D eigenvalue weighted by Crippen LogP contribution is 2.48. The molecule has 1 aromatic heterocycles. The number of halogens is 1. The summed E-state index contributed by atoms with van der Waals surface area (Å²) in [6, 6.07) is 11.0. The molecular weight excluding hydrogens is 331 g/mol. The number of likely N-dealkylation sites (N-methyl/N-ethyl adjacent to an activating group) is 1. The molecule has 1 aliphatic carbocycles. The van der Waals surface area contributed by atoms with Crippen molar-refractivity contribution in [3.05, 3.63) is 59.8 Å². The summed E-state index contributed by atoms with van der Waals surface area (Å²) in [5, 5.41) is 6.71. The molecule has 1 fully saturated rings. The zero-order valence-corrected chi connectivity index (χ0v) is 15.6. The SMILES string of the molecule is CN=C(NCC(c1ccco1)N(C)C)NCC1(c2ccccc2F)CC1. The molecule has 140 valence electrons. The van der Waals surface area contributed by atoms with Gasteiger partial charge >= 0.3 is 0 Å². The van der Waals surface area contributed by atoms with E-state index < -0.39 is 0 Å². The van der Waals surface area contributed by atoms with E-state index in [-0.39, 0.29) is 17.3 Å². The predicted molar refractivity (Wildman–Crippen MR) is 102 cm³/mol. The highest BCUT2D eigenvalue weighted by atomic mass is 19.1. The quantitative estimate of drug-likeness (QED) is 0.590. The molecule has 26 heavy (non-hydrogen) atoms. The number of rotatable bonds is 7. The number of guanidine groups is 1. The van der Waals surface area contributed by atoms with Gasteiger partial charge in [-0.2, -0.15) is 0 Å². The summed E-state index contributed by atoms with van der Waals surface area (Å²) in [5.74, 6) is 1.49. The lowest BCUT2D eigenvalue weighted by molar-refractivity contribution is 0.258. The minimum atomic E-state index is -0.125. The zero-order valence-electron chi connectivity index (χ0n) is 15.6. The minimum absolute atomic E-state index is 0.102. The van der Waals surface area contributed by atoms with Gasteiger partial charge < -0.3 is 15.1 Å². The molecule has 1 aliphatic rings. The molecule has 1 aromatic carbocycles. The lowest BCUT2D eigenvalue weighted by Crippen LogP contribution is -2.44. The maximum absolute atomic E-state index is 14.1. The van der Waals surface area contributed by atoms with E-state index in [9.17, 15) is 4.39 Å². The fourth-order valence-electron chi connectivity index (χ4n) is 3.27. The Bertz CT molecular complexity index is 738. The molecule has 0 radical (unpaired) electrons. The normalized spacial score (nSPS) is 17.2. The van der Waals surface area contributed by atoms with Crippen molar-refractivity contribution in [2.24, 2.45) is 4.99 Å². The second-order valence-electron chi connectivity index (χ2n) is 7.06. The van der Waals surface area contributed by atoms with Crippen molar-refractivity contribution in [2.75, 3.05) is 34.2 Å². The van der Waals surface area contributed by atoms with Crippen LogP contribution >= 0.6 is 0 Å². The van der Waals surface area contributed by atoms with Gasteiger partial charge in [0, 0.05) is 25.6 Å². The fourth-order valence-corrected chi connectivity index (χ4v) is 3.27. The largest absolute Gasteiger partial charge is 0.468 e. The monoisotopic (exact) mass is 358 g/mol. The van der Waals surface area contributed by atoms with Gasteiger partial charge in [0.05, 0.1) is 12.3 Å². The van der Waals surface area contributed by atoms with Gasteiger partial charge in [0.25, 0.3) is 0 Å². The van der Waals surface area contributed by atoms with Gasteiger partial charge in [0.2, 0.25) is 0 Å². The van der Waals surface area contributed by atoms with E-state index in [1.807, 2.05) is 38.4 Å². The van der Waals surface area contributed by atoms with Crippen LogP contribution in [0.25, 0.3) is 0 Å². The standard InChI is InChI=1S/C20H27FN4O/c1-22-19(23-13-17(25(2)3)18-9-6-12-26-18)24-14-20(10-11-20)15-7-4-5-8-16(15)21/h4-9,12,17H,10-11,13-14H2,1-3H3,(H2,22,23,24). The Hall–Kier alpha value is -2.34. The van der Waals surface area contributed by atoms with Crippen LogP contribution in [-0.2, 0) is 5.41 Å². The third kappa shape index (κ3) is 4.07. The van der Waals surface area contributed by atoms with Gasteiger partial charge in [-0.15, -0.1) is 0 Å². The number of nitrogens with zero attached hydrogens (tertiary/aromatic N) is 2. The molecule has 0 spiro atoms. The molecule has 0 saturated heterocycles. The van der Waals surface area contributed by atoms with Crippen molar-refractivity contribution in [1.29, 1.82) is 0 Å². The van der Waals surface area contributed by atoms with Crippen LogP contribution in [0.2, 0.25) is 0 Å². The first-order chi connectivity index (χ1) is 12.6. The summed E-state index contributed by atoms with van der Waals surface area (Å²) in [7, 11) is 5.78. The summed E-state index contributed by atoms with van der Waals surface area (Å²) in [6.07, 6.45) is 3.67. The van der Waals surface area contributed by atoms with Crippen molar-refractivity contribution in [1.82, 2.24) is 15.5 Å². The first kappa shape index (κ1) is 18.5. The molecule has 1 heterocycles. The van der Waals surface area contributed by atoms with Crippen LogP contribution in [0.5, 0.6) is 0 Å². The average molecular weight is 358 g/mol. The topological polar surface area (TPSA) is 52.8 Å². The van der Waals surface area contributed by atoms with Gasteiger partial charge in [-0.05, 0) is 50.7 Å². The van der Waals surface area contributed by atoms with Crippen molar-refractivity contribution < 1.29 is 8.81 Å². The van der Waals surface area contributed by atoms with Crippen LogP contribution in [0.15, 0.2) is 52.1 Å². The van der Waals surface area contributed by atoms with Crippen LogP contribution in [0.4, 0.5) is 4.39 Å². The van der Waals surface area contributed by atoms with Crippen LogP contribution < -0.4 is 10.6 Å². The molecule has 1 unspecified atom stereocenters. The number of nitrogens with one attached hydrogen (secondary N) is 2. The molecule has 2 N–H and O–H groups in total. The van der Waals surface area contributed by atoms with E-state index in [1.54, 1.807) is 19.4 Å². The Kier molecular flexibility index (Phi) is 5.61. The third-order valence-electron chi connectivity index (χ3n) is 5.07.